The van der Waals surface area contributed by atoms with Crippen molar-refractivity contribution in [2.24, 2.45) is 0 Å². The lowest BCUT2D eigenvalue weighted by Gasteiger charge is -2.25. The molecule has 0 spiro atoms. The molecule has 186 valence electrons. The summed E-state index contributed by atoms with van der Waals surface area (Å²) in [5, 5.41) is 4.12. The van der Waals surface area contributed by atoms with Crippen molar-refractivity contribution in [3.8, 4) is 0 Å². The second-order valence-corrected chi connectivity index (χ2v) is 11.2. The van der Waals surface area contributed by atoms with Crippen molar-refractivity contribution in [3.05, 3.63) is 90.5 Å². The average Bonchev–Trinajstić information content (AvgIpc) is 3.29. The summed E-state index contributed by atoms with van der Waals surface area (Å²) in [6, 6.07) is 25.1. The Balaban J connectivity index is 1.63. The van der Waals surface area contributed by atoms with E-state index in [0.29, 0.717) is 16.6 Å². The Bertz CT molecular complexity index is 1710. The summed E-state index contributed by atoms with van der Waals surface area (Å²) in [6.07, 6.45) is 5.39. The highest BCUT2D eigenvalue weighted by molar-refractivity contribution is 7.91. The number of hydrogen-bond acceptors (Lipinski definition) is 5. The Labute approximate surface area is 215 Å². The number of nitrogens with one attached hydrogen (secondary N) is 1. The number of nitrogens with zero attached hydrogens (tertiary/aromatic N) is 3. The summed E-state index contributed by atoms with van der Waals surface area (Å²) in [6.45, 7) is 0. The van der Waals surface area contributed by atoms with Gasteiger partial charge in [-0.1, -0.05) is 73.9 Å². The Morgan fingerprint density at radius 2 is 1.46 bits per heavy atom. The number of anilines is 1. The standard InChI is InChI=1S/C29H26N4O3S/c34-28(20-12-4-1-5-13-20)30-26-25-23-18-10-11-19-24(23)33(21-14-6-2-7-15-21)27(25)32-29(31-26)37(35,36)22-16-8-3-9-17-22/h1,3-5,8-13,16-19,21H,2,6-7,14-15H2,(H,30,31,32,34). The smallest absolute Gasteiger partial charge is 0.256 e. The van der Waals surface area contributed by atoms with Gasteiger partial charge >= 0.3 is 0 Å². The Hall–Kier alpha value is -4.04. The molecule has 0 aliphatic heterocycles. The lowest BCUT2D eigenvalue weighted by Crippen LogP contribution is -2.17. The number of benzene rings is 3. The van der Waals surface area contributed by atoms with E-state index in [0.717, 1.165) is 36.6 Å². The first-order valence-corrected chi connectivity index (χ1v) is 14.0. The van der Waals surface area contributed by atoms with E-state index in [9.17, 15) is 13.2 Å². The third-order valence-corrected chi connectivity index (χ3v) is 8.59. The predicted octanol–water partition coefficient (Wildman–Crippen LogP) is 6.17. The lowest BCUT2D eigenvalue weighted by atomic mass is 9.95. The number of hydrogen-bond donors (Lipinski definition) is 1. The van der Waals surface area contributed by atoms with Crippen LogP contribution in [-0.4, -0.2) is 28.9 Å². The van der Waals surface area contributed by atoms with E-state index in [1.54, 1.807) is 42.5 Å². The van der Waals surface area contributed by atoms with Crippen LogP contribution in [0.4, 0.5) is 5.82 Å². The highest BCUT2D eigenvalue weighted by Crippen LogP contribution is 2.39. The first-order valence-electron chi connectivity index (χ1n) is 12.5. The zero-order valence-corrected chi connectivity index (χ0v) is 21.0. The molecule has 3 aromatic carbocycles. The molecule has 0 unspecified atom stereocenters. The molecular formula is C29H26N4O3S. The molecule has 1 amide bonds. The summed E-state index contributed by atoms with van der Waals surface area (Å²) in [5.41, 5.74) is 1.95. The Kier molecular flexibility index (Phi) is 5.96. The molecule has 2 aromatic heterocycles. The molecule has 0 bridgehead atoms. The summed E-state index contributed by atoms with van der Waals surface area (Å²) in [7, 11) is -4.03. The number of amides is 1. The number of carbonyl (C=O) groups excluding carboxylic acids is 1. The van der Waals surface area contributed by atoms with Crippen LogP contribution >= 0.6 is 0 Å². The molecule has 5 aromatic rings. The van der Waals surface area contributed by atoms with Crippen LogP contribution < -0.4 is 5.32 Å². The number of fused-ring (bicyclic) bond motifs is 3. The molecule has 1 fully saturated rings. The number of sulfone groups is 1. The summed E-state index contributed by atoms with van der Waals surface area (Å²) < 4.78 is 29.4. The second kappa shape index (κ2) is 9.44. The van der Waals surface area contributed by atoms with Crippen LogP contribution in [0.3, 0.4) is 0 Å². The van der Waals surface area contributed by atoms with E-state index in [1.807, 2.05) is 30.3 Å². The van der Waals surface area contributed by atoms with Crippen molar-refractivity contribution in [1.82, 2.24) is 14.5 Å². The zero-order chi connectivity index (χ0) is 25.4. The van der Waals surface area contributed by atoms with E-state index < -0.39 is 9.84 Å². The van der Waals surface area contributed by atoms with Crippen LogP contribution in [0.2, 0.25) is 0 Å². The van der Waals surface area contributed by atoms with Gasteiger partial charge in [0.15, 0.2) is 0 Å². The van der Waals surface area contributed by atoms with Crippen LogP contribution in [0.1, 0.15) is 48.5 Å². The minimum atomic E-state index is -4.03. The third-order valence-electron chi connectivity index (χ3n) is 7.03. The highest BCUT2D eigenvalue weighted by Gasteiger charge is 2.29. The molecule has 6 rings (SSSR count). The molecule has 2 heterocycles. The van der Waals surface area contributed by atoms with Gasteiger partial charge in [0.05, 0.1) is 15.8 Å². The molecular weight excluding hydrogens is 484 g/mol. The fourth-order valence-corrected chi connectivity index (χ4v) is 6.40. The number of rotatable bonds is 5. The maximum atomic E-state index is 13.6. The van der Waals surface area contributed by atoms with E-state index in [1.165, 1.54) is 18.6 Å². The fourth-order valence-electron chi connectivity index (χ4n) is 5.25. The van der Waals surface area contributed by atoms with Gasteiger partial charge in [0.2, 0.25) is 9.84 Å². The number of aromatic nitrogens is 3. The fraction of sp³-hybridized carbons (Fsp3) is 0.207. The molecule has 8 heteroatoms. The zero-order valence-electron chi connectivity index (χ0n) is 20.2. The first kappa shape index (κ1) is 23.4. The molecule has 1 N–H and O–H groups in total. The Morgan fingerprint density at radius 3 is 2.19 bits per heavy atom. The van der Waals surface area contributed by atoms with Crippen LogP contribution in [0.25, 0.3) is 21.9 Å². The third kappa shape index (κ3) is 4.17. The van der Waals surface area contributed by atoms with Gasteiger partial charge in [-0.3, -0.25) is 4.79 Å². The number of para-hydroxylation sites is 1. The van der Waals surface area contributed by atoms with E-state index in [4.69, 9.17) is 0 Å². The summed E-state index contributed by atoms with van der Waals surface area (Å²) in [5.74, 6) is -0.169. The minimum Gasteiger partial charge on any atom is -0.322 e. The highest BCUT2D eigenvalue weighted by atomic mass is 32.2. The van der Waals surface area contributed by atoms with Crippen molar-refractivity contribution >= 4 is 43.5 Å². The van der Waals surface area contributed by atoms with Gasteiger partial charge in [-0.25, -0.2) is 8.42 Å². The van der Waals surface area contributed by atoms with Gasteiger partial charge in [-0.2, -0.15) is 9.97 Å². The van der Waals surface area contributed by atoms with Gasteiger partial charge in [-0.05, 0) is 43.2 Å². The van der Waals surface area contributed by atoms with E-state index in [2.05, 4.69) is 19.9 Å². The van der Waals surface area contributed by atoms with Crippen molar-refractivity contribution in [3.63, 3.8) is 0 Å². The molecule has 1 aliphatic carbocycles. The molecule has 1 aliphatic rings. The lowest BCUT2D eigenvalue weighted by molar-refractivity contribution is 0.102. The van der Waals surface area contributed by atoms with Crippen LogP contribution in [0.15, 0.2) is 95.0 Å². The molecule has 0 saturated heterocycles. The number of carbonyl (C=O) groups is 1. The normalized spacial score (nSPS) is 14.7. The van der Waals surface area contributed by atoms with Gasteiger partial charge in [0, 0.05) is 17.0 Å². The van der Waals surface area contributed by atoms with Gasteiger partial charge in [0.25, 0.3) is 11.1 Å². The van der Waals surface area contributed by atoms with Crippen molar-refractivity contribution < 1.29 is 13.2 Å². The second-order valence-electron chi connectivity index (χ2n) is 9.37. The summed E-state index contributed by atoms with van der Waals surface area (Å²) in [4.78, 5) is 22.5. The largest absolute Gasteiger partial charge is 0.322 e. The van der Waals surface area contributed by atoms with Crippen LogP contribution in [-0.2, 0) is 9.84 Å². The van der Waals surface area contributed by atoms with Crippen LogP contribution in [0.5, 0.6) is 0 Å². The van der Waals surface area contributed by atoms with Gasteiger partial charge in [-0.15, -0.1) is 0 Å². The predicted molar refractivity (Wildman–Crippen MR) is 143 cm³/mol. The SMILES string of the molecule is O=C(Nc1nc(S(=O)(=O)c2ccccc2)nc2c1c1ccccc1n2C1CCCCC1)c1ccccc1. The van der Waals surface area contributed by atoms with Gasteiger partial charge in [0.1, 0.15) is 11.5 Å². The molecule has 1 saturated carbocycles. The van der Waals surface area contributed by atoms with Crippen LogP contribution in [0, 0.1) is 0 Å². The Morgan fingerprint density at radius 1 is 0.811 bits per heavy atom. The molecule has 0 radical (unpaired) electrons. The van der Waals surface area contributed by atoms with E-state index in [-0.39, 0.29) is 27.8 Å². The van der Waals surface area contributed by atoms with Gasteiger partial charge < -0.3 is 9.88 Å². The first-order chi connectivity index (χ1) is 18.0. The maximum Gasteiger partial charge on any atom is 0.256 e. The summed E-state index contributed by atoms with van der Waals surface area (Å²) >= 11 is 0. The van der Waals surface area contributed by atoms with Crippen molar-refractivity contribution in [2.45, 2.75) is 48.2 Å². The minimum absolute atomic E-state index is 0.106. The molecule has 0 atom stereocenters. The van der Waals surface area contributed by atoms with E-state index >= 15 is 0 Å². The van der Waals surface area contributed by atoms with Crippen molar-refractivity contribution in [2.75, 3.05) is 5.32 Å². The average molecular weight is 511 g/mol. The molecule has 37 heavy (non-hydrogen) atoms. The van der Waals surface area contributed by atoms with Crippen molar-refractivity contribution in [1.29, 1.82) is 0 Å². The molecule has 7 nitrogen and oxygen atoms in total. The quantitative estimate of drug-likeness (QED) is 0.285. The maximum absolute atomic E-state index is 13.6. The monoisotopic (exact) mass is 510 g/mol. The topological polar surface area (TPSA) is 93.9 Å².